The zero-order valence-corrected chi connectivity index (χ0v) is 10.4. The maximum Gasteiger partial charge on any atom is 0.0885 e. The molecule has 0 saturated carbocycles. The Balaban J connectivity index is 1.93. The van der Waals surface area contributed by atoms with Gasteiger partial charge in [0.05, 0.1) is 6.10 Å². The van der Waals surface area contributed by atoms with E-state index >= 15 is 0 Å². The zero-order chi connectivity index (χ0) is 11.5. The molecule has 16 heavy (non-hydrogen) atoms. The number of thiophene rings is 1. The molecule has 0 aliphatic rings. The summed E-state index contributed by atoms with van der Waals surface area (Å²) in [5.41, 5.74) is 1.16. The van der Waals surface area contributed by atoms with Gasteiger partial charge in [0.2, 0.25) is 0 Å². The third-order valence-corrected chi connectivity index (χ3v) is 3.79. The van der Waals surface area contributed by atoms with Crippen LogP contribution in [0.15, 0.2) is 24.4 Å². The van der Waals surface area contributed by atoms with Gasteiger partial charge in [-0.15, -0.1) is 11.3 Å². The summed E-state index contributed by atoms with van der Waals surface area (Å²) in [5, 5.41) is 14.1. The summed E-state index contributed by atoms with van der Waals surface area (Å²) < 4.78 is 1.85. The van der Waals surface area contributed by atoms with Crippen molar-refractivity contribution in [3.8, 4) is 0 Å². The summed E-state index contributed by atoms with van der Waals surface area (Å²) in [6.07, 6.45) is 3.04. The van der Waals surface area contributed by atoms with E-state index in [0.717, 1.165) is 23.4 Å². The lowest BCUT2D eigenvalue weighted by molar-refractivity contribution is 0.171. The second-order valence-electron chi connectivity index (χ2n) is 3.95. The van der Waals surface area contributed by atoms with Crippen molar-refractivity contribution in [2.24, 2.45) is 7.05 Å². The average molecular weight is 236 g/mol. The Kier molecular flexibility index (Phi) is 3.41. The predicted molar refractivity (Wildman–Crippen MR) is 65.5 cm³/mol. The van der Waals surface area contributed by atoms with E-state index in [1.54, 1.807) is 17.5 Å². The number of hydrogen-bond acceptors (Lipinski definition) is 3. The van der Waals surface area contributed by atoms with Gasteiger partial charge in [0.15, 0.2) is 0 Å². The van der Waals surface area contributed by atoms with Crippen molar-refractivity contribution in [2.45, 2.75) is 25.9 Å². The Morgan fingerprint density at radius 2 is 2.25 bits per heavy atom. The maximum absolute atomic E-state index is 10.0. The van der Waals surface area contributed by atoms with Crippen LogP contribution in [0.1, 0.15) is 28.0 Å². The molecule has 86 valence electrons. The van der Waals surface area contributed by atoms with E-state index in [1.807, 2.05) is 29.9 Å². The van der Waals surface area contributed by atoms with Crippen molar-refractivity contribution in [1.82, 2.24) is 9.78 Å². The first-order valence-electron chi connectivity index (χ1n) is 5.38. The van der Waals surface area contributed by atoms with Crippen molar-refractivity contribution in [2.75, 3.05) is 0 Å². The highest BCUT2D eigenvalue weighted by molar-refractivity contribution is 7.11. The smallest absolute Gasteiger partial charge is 0.0885 e. The van der Waals surface area contributed by atoms with E-state index in [4.69, 9.17) is 0 Å². The highest BCUT2D eigenvalue weighted by Gasteiger charge is 2.10. The predicted octanol–water partition coefficient (Wildman–Crippen LogP) is 2.46. The third-order valence-electron chi connectivity index (χ3n) is 2.69. The minimum absolute atomic E-state index is 0.353. The van der Waals surface area contributed by atoms with Crippen LogP contribution in [0.4, 0.5) is 0 Å². The molecule has 0 spiro atoms. The minimum Gasteiger partial charge on any atom is -0.388 e. The molecule has 0 bridgehead atoms. The van der Waals surface area contributed by atoms with Gasteiger partial charge in [0, 0.05) is 28.7 Å². The highest BCUT2D eigenvalue weighted by atomic mass is 32.1. The fourth-order valence-electron chi connectivity index (χ4n) is 1.71. The number of hydrogen-bond donors (Lipinski definition) is 1. The Labute approximate surface area is 99.4 Å². The van der Waals surface area contributed by atoms with Gasteiger partial charge in [0.1, 0.15) is 0 Å². The number of aromatic nitrogens is 2. The summed E-state index contributed by atoms with van der Waals surface area (Å²) >= 11 is 1.66. The molecule has 1 N–H and O–H groups in total. The monoisotopic (exact) mass is 236 g/mol. The van der Waals surface area contributed by atoms with Crippen LogP contribution < -0.4 is 0 Å². The first-order valence-corrected chi connectivity index (χ1v) is 6.20. The molecule has 0 fully saturated rings. The van der Waals surface area contributed by atoms with Gasteiger partial charge in [-0.3, -0.25) is 4.68 Å². The maximum atomic E-state index is 10.0. The van der Waals surface area contributed by atoms with Crippen LogP contribution in [0.25, 0.3) is 0 Å². The normalized spacial score (nSPS) is 12.9. The number of aryl methyl sites for hydroxylation is 3. The van der Waals surface area contributed by atoms with Crippen molar-refractivity contribution in [1.29, 1.82) is 0 Å². The van der Waals surface area contributed by atoms with Gasteiger partial charge in [0.25, 0.3) is 0 Å². The summed E-state index contributed by atoms with van der Waals surface area (Å²) in [5.74, 6) is 0. The van der Waals surface area contributed by atoms with Crippen LogP contribution in [0.5, 0.6) is 0 Å². The molecule has 0 aliphatic carbocycles. The number of nitrogens with zero attached hydrogens (tertiary/aromatic N) is 2. The van der Waals surface area contributed by atoms with Gasteiger partial charge in [-0.25, -0.2) is 0 Å². The van der Waals surface area contributed by atoms with Crippen molar-refractivity contribution >= 4 is 11.3 Å². The summed E-state index contributed by atoms with van der Waals surface area (Å²) in [6.45, 7) is 2.06. The Morgan fingerprint density at radius 1 is 1.44 bits per heavy atom. The zero-order valence-electron chi connectivity index (χ0n) is 9.55. The Bertz CT molecular complexity index is 461. The first-order chi connectivity index (χ1) is 7.66. The molecule has 0 radical (unpaired) electrons. The summed E-state index contributed by atoms with van der Waals surface area (Å²) in [4.78, 5) is 2.30. The molecule has 2 aromatic rings. The van der Waals surface area contributed by atoms with Crippen molar-refractivity contribution in [3.05, 3.63) is 39.8 Å². The second kappa shape index (κ2) is 4.80. The molecule has 0 amide bonds. The van der Waals surface area contributed by atoms with Gasteiger partial charge in [-0.2, -0.15) is 5.10 Å². The molecule has 2 aromatic heterocycles. The average Bonchev–Trinajstić information content (AvgIpc) is 2.84. The van der Waals surface area contributed by atoms with Crippen LogP contribution >= 0.6 is 11.3 Å². The number of aliphatic hydroxyl groups is 1. The van der Waals surface area contributed by atoms with Crippen LogP contribution in [-0.4, -0.2) is 14.9 Å². The lowest BCUT2D eigenvalue weighted by Gasteiger charge is -2.08. The number of aliphatic hydroxyl groups excluding tert-OH is 1. The molecule has 2 rings (SSSR count). The van der Waals surface area contributed by atoms with Gasteiger partial charge in [-0.05, 0) is 38.0 Å². The van der Waals surface area contributed by atoms with E-state index in [9.17, 15) is 5.11 Å². The van der Waals surface area contributed by atoms with Gasteiger partial charge in [-0.1, -0.05) is 0 Å². The van der Waals surface area contributed by atoms with E-state index in [1.165, 1.54) is 4.88 Å². The molecule has 3 nitrogen and oxygen atoms in total. The fourth-order valence-corrected chi connectivity index (χ4v) is 2.60. The van der Waals surface area contributed by atoms with Gasteiger partial charge < -0.3 is 5.11 Å². The summed E-state index contributed by atoms with van der Waals surface area (Å²) in [7, 11) is 1.93. The van der Waals surface area contributed by atoms with Crippen LogP contribution in [0, 0.1) is 6.92 Å². The molecule has 1 unspecified atom stereocenters. The molecular formula is C12H16N2OS. The van der Waals surface area contributed by atoms with Crippen LogP contribution in [-0.2, 0) is 13.5 Å². The SMILES string of the molecule is Cc1ccc(C(O)CCc2ccnn2C)s1. The minimum atomic E-state index is -0.353. The van der Waals surface area contributed by atoms with E-state index in [-0.39, 0.29) is 6.10 Å². The number of rotatable bonds is 4. The molecule has 1 atom stereocenters. The van der Waals surface area contributed by atoms with Crippen LogP contribution in [0.3, 0.4) is 0 Å². The standard InChI is InChI=1S/C12H16N2OS/c1-9-3-6-12(16-9)11(15)5-4-10-7-8-13-14(10)2/h3,6-8,11,15H,4-5H2,1-2H3. The van der Waals surface area contributed by atoms with Gasteiger partial charge >= 0.3 is 0 Å². The fraction of sp³-hybridized carbons (Fsp3) is 0.417. The van der Waals surface area contributed by atoms with Crippen molar-refractivity contribution in [3.63, 3.8) is 0 Å². The molecule has 2 heterocycles. The molecule has 0 aliphatic heterocycles. The van der Waals surface area contributed by atoms with E-state index < -0.39 is 0 Å². The highest BCUT2D eigenvalue weighted by Crippen LogP contribution is 2.25. The quantitative estimate of drug-likeness (QED) is 0.885. The van der Waals surface area contributed by atoms with Crippen LogP contribution in [0.2, 0.25) is 0 Å². The topological polar surface area (TPSA) is 38.1 Å². The third kappa shape index (κ3) is 2.51. The Morgan fingerprint density at radius 3 is 2.81 bits per heavy atom. The molecular weight excluding hydrogens is 220 g/mol. The lowest BCUT2D eigenvalue weighted by Crippen LogP contribution is -2.02. The summed E-state index contributed by atoms with van der Waals surface area (Å²) in [6, 6.07) is 6.05. The lowest BCUT2D eigenvalue weighted by atomic mass is 10.1. The van der Waals surface area contributed by atoms with E-state index in [0.29, 0.717) is 0 Å². The van der Waals surface area contributed by atoms with E-state index in [2.05, 4.69) is 12.0 Å². The molecule has 0 saturated heterocycles. The largest absolute Gasteiger partial charge is 0.388 e. The first kappa shape index (κ1) is 11.4. The molecule has 0 aromatic carbocycles. The van der Waals surface area contributed by atoms with Crippen molar-refractivity contribution < 1.29 is 5.11 Å². The second-order valence-corrected chi connectivity index (χ2v) is 5.27. The molecule has 4 heteroatoms. The Hall–Kier alpha value is -1.13.